The van der Waals surface area contributed by atoms with Crippen molar-refractivity contribution in [2.75, 3.05) is 36.4 Å². The molecule has 0 spiro atoms. The Hall–Kier alpha value is -2.41. The van der Waals surface area contributed by atoms with Gasteiger partial charge in [-0.1, -0.05) is 15.9 Å². The molecule has 7 heteroatoms. The van der Waals surface area contributed by atoms with Crippen molar-refractivity contribution in [1.82, 2.24) is 4.90 Å². The molecule has 1 N–H and O–H groups in total. The molecular formula is C24H27BrFN3O2. The zero-order chi connectivity index (χ0) is 21.8. The predicted molar refractivity (Wildman–Crippen MR) is 124 cm³/mol. The fourth-order valence-electron chi connectivity index (χ4n) is 4.37. The van der Waals surface area contributed by atoms with Gasteiger partial charge in [-0.3, -0.25) is 9.59 Å². The van der Waals surface area contributed by atoms with Crippen molar-refractivity contribution in [1.29, 1.82) is 0 Å². The summed E-state index contributed by atoms with van der Waals surface area (Å²) in [6.07, 6.45) is 4.62. The molecule has 164 valence electrons. The minimum absolute atomic E-state index is 0.0103. The molecule has 2 aromatic carbocycles. The molecule has 0 radical (unpaired) electrons. The van der Waals surface area contributed by atoms with Gasteiger partial charge in [0.05, 0.1) is 11.4 Å². The average molecular weight is 488 g/mol. The molecule has 2 aromatic rings. The molecule has 5 nitrogen and oxygen atoms in total. The highest BCUT2D eigenvalue weighted by Gasteiger charge is 2.28. The molecular weight excluding hydrogens is 461 g/mol. The maximum atomic E-state index is 13.9. The van der Waals surface area contributed by atoms with Gasteiger partial charge in [-0.05, 0) is 74.6 Å². The number of hydrogen-bond donors (Lipinski definition) is 1. The molecule has 2 aliphatic heterocycles. The van der Waals surface area contributed by atoms with E-state index >= 15 is 0 Å². The van der Waals surface area contributed by atoms with Crippen LogP contribution in [-0.4, -0.2) is 42.9 Å². The van der Waals surface area contributed by atoms with Gasteiger partial charge >= 0.3 is 0 Å². The van der Waals surface area contributed by atoms with Crippen LogP contribution >= 0.6 is 15.9 Å². The van der Waals surface area contributed by atoms with Crippen molar-refractivity contribution in [3.05, 3.63) is 58.3 Å². The number of piperidine rings is 2. The fraction of sp³-hybridized carbons (Fsp3) is 0.417. The van der Waals surface area contributed by atoms with E-state index in [-0.39, 0.29) is 23.5 Å². The van der Waals surface area contributed by atoms with Gasteiger partial charge in [0.2, 0.25) is 5.91 Å². The van der Waals surface area contributed by atoms with Gasteiger partial charge in [0.25, 0.3) is 5.91 Å². The Morgan fingerprint density at radius 3 is 2.29 bits per heavy atom. The molecule has 31 heavy (non-hydrogen) atoms. The van der Waals surface area contributed by atoms with Crippen molar-refractivity contribution in [3.63, 3.8) is 0 Å². The van der Waals surface area contributed by atoms with Gasteiger partial charge in [-0.25, -0.2) is 4.39 Å². The van der Waals surface area contributed by atoms with E-state index in [9.17, 15) is 14.0 Å². The van der Waals surface area contributed by atoms with Crippen LogP contribution in [0.1, 0.15) is 42.5 Å². The summed E-state index contributed by atoms with van der Waals surface area (Å²) in [5.41, 5.74) is 2.08. The van der Waals surface area contributed by atoms with Crippen LogP contribution in [0, 0.1) is 11.7 Å². The van der Waals surface area contributed by atoms with E-state index in [2.05, 4.69) is 26.1 Å². The number of benzene rings is 2. The SMILES string of the molecule is O=C(Nc1cc(F)ccc1N1CCCCC1)C1CCN(C(=O)c2ccc(Br)cc2)CC1. The third-order valence-corrected chi connectivity index (χ3v) is 6.69. The summed E-state index contributed by atoms with van der Waals surface area (Å²) >= 11 is 3.38. The number of nitrogens with zero attached hydrogens (tertiary/aromatic N) is 2. The second-order valence-corrected chi connectivity index (χ2v) is 9.19. The van der Waals surface area contributed by atoms with E-state index in [4.69, 9.17) is 0 Å². The monoisotopic (exact) mass is 487 g/mol. The zero-order valence-corrected chi connectivity index (χ0v) is 19.0. The van der Waals surface area contributed by atoms with Crippen LogP contribution < -0.4 is 10.2 Å². The Morgan fingerprint density at radius 2 is 1.61 bits per heavy atom. The van der Waals surface area contributed by atoms with Crippen molar-refractivity contribution >= 4 is 39.1 Å². The van der Waals surface area contributed by atoms with E-state index < -0.39 is 0 Å². The van der Waals surface area contributed by atoms with E-state index in [1.165, 1.54) is 18.6 Å². The predicted octanol–water partition coefficient (Wildman–Crippen LogP) is 5.07. The lowest BCUT2D eigenvalue weighted by molar-refractivity contribution is -0.121. The maximum absolute atomic E-state index is 13.9. The third-order valence-electron chi connectivity index (χ3n) is 6.16. The third kappa shape index (κ3) is 5.26. The normalized spacial score (nSPS) is 17.5. The summed E-state index contributed by atoms with van der Waals surface area (Å²) in [5, 5.41) is 2.97. The van der Waals surface area contributed by atoms with E-state index in [1.807, 2.05) is 12.1 Å². The van der Waals surface area contributed by atoms with Crippen LogP contribution in [0.3, 0.4) is 0 Å². The molecule has 2 aliphatic rings. The van der Waals surface area contributed by atoms with Crippen LogP contribution in [0.2, 0.25) is 0 Å². The molecule has 0 saturated carbocycles. The topological polar surface area (TPSA) is 52.7 Å². The molecule has 0 aromatic heterocycles. The summed E-state index contributed by atoms with van der Waals surface area (Å²) in [6.45, 7) is 2.92. The number of carbonyl (C=O) groups is 2. The van der Waals surface area contributed by atoms with E-state index in [1.54, 1.807) is 23.1 Å². The molecule has 2 saturated heterocycles. The number of hydrogen-bond acceptors (Lipinski definition) is 3. The highest BCUT2D eigenvalue weighted by molar-refractivity contribution is 9.10. The zero-order valence-electron chi connectivity index (χ0n) is 17.4. The molecule has 2 heterocycles. The molecule has 0 aliphatic carbocycles. The number of amides is 2. The second-order valence-electron chi connectivity index (χ2n) is 8.27. The van der Waals surface area contributed by atoms with Crippen LogP contribution in [0.25, 0.3) is 0 Å². The van der Waals surface area contributed by atoms with Crippen LogP contribution in [0.5, 0.6) is 0 Å². The summed E-state index contributed by atoms with van der Waals surface area (Å²) in [5.74, 6) is -0.652. The smallest absolute Gasteiger partial charge is 0.253 e. The van der Waals surface area contributed by atoms with Crippen LogP contribution in [0.4, 0.5) is 15.8 Å². The Bertz CT molecular complexity index is 936. The molecule has 0 bridgehead atoms. The number of nitrogens with one attached hydrogen (secondary N) is 1. The lowest BCUT2D eigenvalue weighted by Gasteiger charge is -2.33. The second kappa shape index (κ2) is 9.81. The molecule has 4 rings (SSSR count). The summed E-state index contributed by atoms with van der Waals surface area (Å²) in [4.78, 5) is 29.7. The lowest BCUT2D eigenvalue weighted by Crippen LogP contribution is -2.41. The van der Waals surface area contributed by atoms with Crippen LogP contribution in [0.15, 0.2) is 46.9 Å². The van der Waals surface area contributed by atoms with Crippen molar-refractivity contribution in [2.45, 2.75) is 32.1 Å². The van der Waals surface area contributed by atoms with Crippen LogP contribution in [-0.2, 0) is 4.79 Å². The first-order chi connectivity index (χ1) is 15.0. The average Bonchev–Trinajstić information content (AvgIpc) is 2.80. The number of anilines is 2. The van der Waals surface area contributed by atoms with Gasteiger partial charge in [0.1, 0.15) is 5.82 Å². The summed E-state index contributed by atoms with van der Waals surface area (Å²) in [7, 11) is 0. The number of halogens is 2. The quantitative estimate of drug-likeness (QED) is 0.654. The van der Waals surface area contributed by atoms with Gasteiger partial charge < -0.3 is 15.1 Å². The first kappa shape index (κ1) is 21.8. The minimum Gasteiger partial charge on any atom is -0.370 e. The maximum Gasteiger partial charge on any atom is 0.253 e. The fourth-order valence-corrected chi connectivity index (χ4v) is 4.64. The van der Waals surface area contributed by atoms with Gasteiger partial charge in [0.15, 0.2) is 0 Å². The minimum atomic E-state index is -0.356. The highest BCUT2D eigenvalue weighted by atomic mass is 79.9. The lowest BCUT2D eigenvalue weighted by atomic mass is 9.95. The number of rotatable bonds is 4. The molecule has 0 unspecified atom stereocenters. The van der Waals surface area contributed by atoms with Gasteiger partial charge in [-0.15, -0.1) is 0 Å². The highest BCUT2D eigenvalue weighted by Crippen LogP contribution is 2.31. The van der Waals surface area contributed by atoms with Gasteiger partial charge in [0, 0.05) is 42.1 Å². The number of likely N-dealkylation sites (tertiary alicyclic amines) is 1. The summed E-state index contributed by atoms with van der Waals surface area (Å²) in [6, 6.07) is 11.9. The Morgan fingerprint density at radius 1 is 0.935 bits per heavy atom. The summed E-state index contributed by atoms with van der Waals surface area (Å²) < 4.78 is 14.8. The van der Waals surface area contributed by atoms with Gasteiger partial charge in [-0.2, -0.15) is 0 Å². The molecule has 0 atom stereocenters. The van der Waals surface area contributed by atoms with E-state index in [0.717, 1.165) is 36.1 Å². The standard InChI is InChI=1S/C24H27BrFN3O2/c25-19-6-4-18(5-7-19)24(31)29-14-10-17(11-15-29)23(30)27-21-16-20(26)8-9-22(21)28-12-2-1-3-13-28/h4-9,16-17H,1-3,10-15H2,(H,27,30). The first-order valence-corrected chi connectivity index (χ1v) is 11.7. The molecule has 2 fully saturated rings. The largest absolute Gasteiger partial charge is 0.370 e. The Kier molecular flexibility index (Phi) is 6.90. The number of carbonyl (C=O) groups excluding carboxylic acids is 2. The van der Waals surface area contributed by atoms with Crippen molar-refractivity contribution < 1.29 is 14.0 Å². The molecule has 2 amide bonds. The van der Waals surface area contributed by atoms with Crippen molar-refractivity contribution in [2.24, 2.45) is 5.92 Å². The Balaban J connectivity index is 1.38. The first-order valence-electron chi connectivity index (χ1n) is 10.9. The van der Waals surface area contributed by atoms with Crippen molar-refractivity contribution in [3.8, 4) is 0 Å². The Labute approximate surface area is 190 Å². The van der Waals surface area contributed by atoms with E-state index in [0.29, 0.717) is 37.2 Å².